The van der Waals surface area contributed by atoms with Gasteiger partial charge >= 0.3 is 0 Å². The molecule has 0 saturated heterocycles. The summed E-state index contributed by atoms with van der Waals surface area (Å²) in [7, 11) is 0. The summed E-state index contributed by atoms with van der Waals surface area (Å²) in [5, 5.41) is 0. The van der Waals surface area contributed by atoms with E-state index in [4.69, 9.17) is 10.5 Å². The van der Waals surface area contributed by atoms with Crippen LogP contribution < -0.4 is 10.5 Å². The molecule has 1 aromatic carbocycles. The minimum absolute atomic E-state index is 0.0737. The van der Waals surface area contributed by atoms with Gasteiger partial charge in [0.1, 0.15) is 5.75 Å². The van der Waals surface area contributed by atoms with Gasteiger partial charge in [0.15, 0.2) is 0 Å². The fourth-order valence-corrected chi connectivity index (χ4v) is 3.33. The molecule has 1 aromatic rings. The Morgan fingerprint density at radius 1 is 1.20 bits per heavy atom. The van der Waals surface area contributed by atoms with Crippen LogP contribution in [-0.2, 0) is 0 Å². The molecule has 0 aliphatic heterocycles. The summed E-state index contributed by atoms with van der Waals surface area (Å²) in [6.07, 6.45) is 9.89. The van der Waals surface area contributed by atoms with Gasteiger partial charge in [0.25, 0.3) is 0 Å². The van der Waals surface area contributed by atoms with Crippen LogP contribution in [0.15, 0.2) is 30.3 Å². The number of hydrogen-bond acceptors (Lipinski definition) is 2. The number of para-hydroxylation sites is 1. The summed E-state index contributed by atoms with van der Waals surface area (Å²) in [6.45, 7) is 3.06. The number of ether oxygens (including phenoxy) is 1. The smallest absolute Gasteiger partial charge is 0.119 e. The predicted octanol–water partition coefficient (Wildman–Crippen LogP) is 4.53. The van der Waals surface area contributed by atoms with Gasteiger partial charge < -0.3 is 10.5 Å². The van der Waals surface area contributed by atoms with Crippen LogP contribution in [-0.4, -0.2) is 12.1 Å². The molecule has 1 aliphatic rings. The molecular formula is C18H29NO. The van der Waals surface area contributed by atoms with Crippen LogP contribution in [0, 0.1) is 5.92 Å². The first-order chi connectivity index (χ1) is 9.72. The molecule has 1 saturated carbocycles. The Hall–Kier alpha value is -1.02. The first-order valence-electron chi connectivity index (χ1n) is 8.18. The summed E-state index contributed by atoms with van der Waals surface area (Å²) >= 11 is 0. The molecule has 1 fully saturated rings. The molecule has 2 nitrogen and oxygen atoms in total. The van der Waals surface area contributed by atoms with E-state index in [9.17, 15) is 0 Å². The molecule has 0 unspecified atom stereocenters. The highest BCUT2D eigenvalue weighted by Gasteiger charge is 2.30. The molecule has 1 aliphatic carbocycles. The zero-order valence-corrected chi connectivity index (χ0v) is 12.8. The average molecular weight is 275 g/mol. The monoisotopic (exact) mass is 275 g/mol. The normalized spacial score (nSPS) is 26.4. The lowest BCUT2D eigenvalue weighted by molar-refractivity contribution is 0.197. The fourth-order valence-electron chi connectivity index (χ4n) is 3.33. The van der Waals surface area contributed by atoms with E-state index < -0.39 is 0 Å². The van der Waals surface area contributed by atoms with Gasteiger partial charge in [-0.25, -0.2) is 0 Å². The van der Waals surface area contributed by atoms with E-state index in [-0.39, 0.29) is 5.54 Å². The maximum Gasteiger partial charge on any atom is 0.119 e. The highest BCUT2D eigenvalue weighted by Crippen LogP contribution is 2.35. The van der Waals surface area contributed by atoms with Gasteiger partial charge in [0, 0.05) is 5.54 Å². The van der Waals surface area contributed by atoms with Crippen LogP contribution in [0.25, 0.3) is 0 Å². The maximum atomic E-state index is 6.54. The molecule has 0 aromatic heterocycles. The largest absolute Gasteiger partial charge is 0.494 e. The SMILES string of the molecule is CCCC1CCC(N)(CCCOc2ccccc2)CC1. The fraction of sp³-hybridized carbons (Fsp3) is 0.667. The molecule has 112 valence electrons. The van der Waals surface area contributed by atoms with Gasteiger partial charge in [-0.05, 0) is 56.6 Å². The van der Waals surface area contributed by atoms with E-state index in [1.807, 2.05) is 30.3 Å². The van der Waals surface area contributed by atoms with Crippen molar-refractivity contribution in [2.24, 2.45) is 11.7 Å². The number of rotatable bonds is 7. The summed E-state index contributed by atoms with van der Waals surface area (Å²) < 4.78 is 5.75. The van der Waals surface area contributed by atoms with Gasteiger partial charge in [-0.1, -0.05) is 38.0 Å². The zero-order chi connectivity index (χ0) is 14.3. The van der Waals surface area contributed by atoms with Crippen molar-refractivity contribution in [3.8, 4) is 5.75 Å². The first kappa shape index (κ1) is 15.4. The quantitative estimate of drug-likeness (QED) is 0.742. The van der Waals surface area contributed by atoms with Crippen molar-refractivity contribution in [1.82, 2.24) is 0 Å². The molecule has 0 amide bonds. The Labute approximate surface area is 123 Å². The van der Waals surface area contributed by atoms with Crippen LogP contribution in [0.5, 0.6) is 5.75 Å². The lowest BCUT2D eigenvalue weighted by Gasteiger charge is -2.37. The standard InChI is InChI=1S/C18H29NO/c1-2-7-16-10-13-18(19,14-11-16)12-6-15-20-17-8-4-3-5-9-17/h3-5,8-9,16H,2,6-7,10-15,19H2,1H3. The van der Waals surface area contributed by atoms with Crippen LogP contribution >= 0.6 is 0 Å². The maximum absolute atomic E-state index is 6.54. The number of hydrogen-bond donors (Lipinski definition) is 1. The van der Waals surface area contributed by atoms with Gasteiger partial charge in [-0.15, -0.1) is 0 Å². The molecule has 0 radical (unpaired) electrons. The second-order valence-electron chi connectivity index (χ2n) is 6.36. The summed E-state index contributed by atoms with van der Waals surface area (Å²) in [6, 6.07) is 10.0. The highest BCUT2D eigenvalue weighted by molar-refractivity contribution is 5.20. The Morgan fingerprint density at radius 2 is 1.90 bits per heavy atom. The molecule has 2 heteroatoms. The molecule has 0 atom stereocenters. The Kier molecular flexibility index (Phi) is 5.90. The summed E-state index contributed by atoms with van der Waals surface area (Å²) in [5.74, 6) is 1.89. The van der Waals surface area contributed by atoms with E-state index in [0.717, 1.165) is 31.1 Å². The van der Waals surface area contributed by atoms with E-state index in [1.165, 1.54) is 38.5 Å². The topological polar surface area (TPSA) is 35.2 Å². The molecule has 0 heterocycles. The van der Waals surface area contributed by atoms with Crippen LogP contribution in [0.3, 0.4) is 0 Å². The third-order valence-electron chi connectivity index (χ3n) is 4.63. The van der Waals surface area contributed by atoms with Crippen molar-refractivity contribution >= 4 is 0 Å². The minimum atomic E-state index is 0.0737. The Balaban J connectivity index is 1.64. The van der Waals surface area contributed by atoms with Gasteiger partial charge in [-0.2, -0.15) is 0 Å². The van der Waals surface area contributed by atoms with Crippen molar-refractivity contribution in [3.05, 3.63) is 30.3 Å². The van der Waals surface area contributed by atoms with Gasteiger partial charge in [-0.3, -0.25) is 0 Å². The van der Waals surface area contributed by atoms with Crippen LogP contribution in [0.2, 0.25) is 0 Å². The molecule has 0 spiro atoms. The minimum Gasteiger partial charge on any atom is -0.494 e. The average Bonchev–Trinajstić information content (AvgIpc) is 2.48. The number of nitrogens with two attached hydrogens (primary N) is 1. The van der Waals surface area contributed by atoms with E-state index in [0.29, 0.717) is 0 Å². The van der Waals surface area contributed by atoms with E-state index >= 15 is 0 Å². The third kappa shape index (κ3) is 4.82. The van der Waals surface area contributed by atoms with Crippen LogP contribution in [0.4, 0.5) is 0 Å². The molecular weight excluding hydrogens is 246 g/mol. The van der Waals surface area contributed by atoms with Crippen molar-refractivity contribution in [3.63, 3.8) is 0 Å². The molecule has 2 rings (SSSR count). The molecule has 2 N–H and O–H groups in total. The molecule has 20 heavy (non-hydrogen) atoms. The lowest BCUT2D eigenvalue weighted by Crippen LogP contribution is -2.43. The van der Waals surface area contributed by atoms with Crippen molar-refractivity contribution in [2.75, 3.05) is 6.61 Å². The number of benzene rings is 1. The van der Waals surface area contributed by atoms with E-state index in [1.54, 1.807) is 0 Å². The van der Waals surface area contributed by atoms with Crippen molar-refractivity contribution in [1.29, 1.82) is 0 Å². The lowest BCUT2D eigenvalue weighted by atomic mass is 9.74. The second-order valence-corrected chi connectivity index (χ2v) is 6.36. The van der Waals surface area contributed by atoms with Gasteiger partial charge in [0.2, 0.25) is 0 Å². The summed E-state index contributed by atoms with van der Waals surface area (Å²) in [5.41, 5.74) is 6.62. The first-order valence-corrected chi connectivity index (χ1v) is 8.18. The van der Waals surface area contributed by atoms with E-state index in [2.05, 4.69) is 6.92 Å². The zero-order valence-electron chi connectivity index (χ0n) is 12.8. The van der Waals surface area contributed by atoms with Crippen molar-refractivity contribution < 1.29 is 4.74 Å². The predicted molar refractivity (Wildman–Crippen MR) is 85.0 cm³/mol. The Bertz CT molecular complexity index is 368. The third-order valence-corrected chi connectivity index (χ3v) is 4.63. The van der Waals surface area contributed by atoms with Crippen LogP contribution in [0.1, 0.15) is 58.3 Å². The Morgan fingerprint density at radius 3 is 2.55 bits per heavy atom. The van der Waals surface area contributed by atoms with Crippen molar-refractivity contribution in [2.45, 2.75) is 63.8 Å². The van der Waals surface area contributed by atoms with Gasteiger partial charge in [0.05, 0.1) is 6.61 Å². The highest BCUT2D eigenvalue weighted by atomic mass is 16.5. The summed E-state index contributed by atoms with van der Waals surface area (Å²) in [4.78, 5) is 0. The second kappa shape index (κ2) is 7.68. The molecule has 0 bridgehead atoms.